The summed E-state index contributed by atoms with van der Waals surface area (Å²) in [5.74, 6) is 0.162. The first-order chi connectivity index (χ1) is 20.3. The number of aryl methyl sites for hydroxylation is 1. The molecule has 2 aliphatic heterocycles. The maximum Gasteiger partial charge on any atom is 0.219 e. The van der Waals surface area contributed by atoms with Crippen LogP contribution in [0.4, 0.5) is 10.1 Å². The first-order valence-electron chi connectivity index (χ1n) is 14.9. The molecule has 42 heavy (non-hydrogen) atoms. The fourth-order valence-corrected chi connectivity index (χ4v) is 5.69. The molecule has 1 aromatic carbocycles. The number of nitrogens with zero attached hydrogens (tertiary/aromatic N) is 4. The van der Waals surface area contributed by atoms with Crippen molar-refractivity contribution in [3.05, 3.63) is 52.9 Å². The molecule has 1 unspecified atom stereocenters. The Morgan fingerprint density at radius 2 is 1.81 bits per heavy atom. The summed E-state index contributed by atoms with van der Waals surface area (Å²) < 4.78 is 15.1. The smallest absolute Gasteiger partial charge is 0.219 e. The van der Waals surface area contributed by atoms with Gasteiger partial charge in [0.1, 0.15) is 18.4 Å². The first kappa shape index (κ1) is 33.1. The van der Waals surface area contributed by atoms with Gasteiger partial charge < -0.3 is 19.9 Å². The van der Waals surface area contributed by atoms with E-state index in [0.717, 1.165) is 64.0 Å². The van der Waals surface area contributed by atoms with Crippen LogP contribution in [-0.2, 0) is 25.7 Å². The molecule has 1 atom stereocenters. The van der Waals surface area contributed by atoms with Crippen molar-refractivity contribution in [2.24, 2.45) is 5.92 Å². The molecule has 2 fully saturated rings. The van der Waals surface area contributed by atoms with Crippen LogP contribution >= 0.6 is 0 Å². The highest BCUT2D eigenvalue weighted by atomic mass is 19.1. The van der Waals surface area contributed by atoms with E-state index < -0.39 is 6.04 Å². The minimum atomic E-state index is -0.729. The molecule has 0 saturated carbocycles. The van der Waals surface area contributed by atoms with E-state index in [0.29, 0.717) is 48.5 Å². The molecule has 0 bridgehead atoms. The molecule has 9 nitrogen and oxygen atoms in total. The lowest BCUT2D eigenvalue weighted by Crippen LogP contribution is -2.49. The summed E-state index contributed by atoms with van der Waals surface area (Å²) in [5.41, 5.74) is 2.72. The van der Waals surface area contributed by atoms with E-state index in [2.05, 4.69) is 26.1 Å². The van der Waals surface area contributed by atoms with Crippen molar-refractivity contribution in [2.75, 3.05) is 64.3 Å². The topological polar surface area (TPSA) is 93.3 Å². The third kappa shape index (κ3) is 9.59. The number of carbonyl (C=O) groups excluding carboxylic acids is 4. The van der Waals surface area contributed by atoms with Crippen LogP contribution in [-0.4, -0.2) is 105 Å². The second-order valence-corrected chi connectivity index (χ2v) is 11.3. The number of anilines is 1. The summed E-state index contributed by atoms with van der Waals surface area (Å²) in [4.78, 5) is 54.5. The Labute approximate surface area is 249 Å². The first-order valence-corrected chi connectivity index (χ1v) is 14.9. The molecule has 0 radical (unpaired) electrons. The van der Waals surface area contributed by atoms with E-state index in [1.54, 1.807) is 13.0 Å². The number of aldehydes is 2. The average Bonchev–Trinajstić information content (AvgIpc) is 3.01. The number of benzene rings is 1. The molecule has 1 aromatic rings. The Kier molecular flexibility index (Phi) is 13.3. The molecule has 2 saturated heterocycles. The maximum atomic E-state index is 15.1. The number of rotatable bonds is 15. The zero-order chi connectivity index (χ0) is 30.5. The van der Waals surface area contributed by atoms with Gasteiger partial charge in [0.2, 0.25) is 12.3 Å². The zero-order valence-electron chi connectivity index (χ0n) is 25.3. The van der Waals surface area contributed by atoms with Crippen molar-refractivity contribution < 1.29 is 23.6 Å². The predicted octanol–water partition coefficient (Wildman–Crippen LogP) is 2.72. The van der Waals surface area contributed by atoms with Crippen LogP contribution in [0.2, 0.25) is 0 Å². The Morgan fingerprint density at radius 1 is 1.10 bits per heavy atom. The van der Waals surface area contributed by atoms with Crippen LogP contribution < -0.4 is 10.2 Å². The fourth-order valence-electron chi connectivity index (χ4n) is 5.69. The molecule has 0 aliphatic carbocycles. The maximum absolute atomic E-state index is 15.1. The van der Waals surface area contributed by atoms with E-state index in [9.17, 15) is 19.2 Å². The van der Waals surface area contributed by atoms with Crippen molar-refractivity contribution in [3.8, 4) is 0 Å². The van der Waals surface area contributed by atoms with Gasteiger partial charge in [0.15, 0.2) is 0 Å². The highest BCUT2D eigenvalue weighted by molar-refractivity contribution is 5.77. The van der Waals surface area contributed by atoms with Crippen molar-refractivity contribution in [1.29, 1.82) is 0 Å². The molecule has 1 N–H and O–H groups in total. The quantitative estimate of drug-likeness (QED) is 0.193. The number of amides is 2. The predicted molar refractivity (Wildman–Crippen MR) is 163 cm³/mol. The Morgan fingerprint density at radius 3 is 2.40 bits per heavy atom. The molecule has 230 valence electrons. The van der Waals surface area contributed by atoms with Crippen molar-refractivity contribution in [3.63, 3.8) is 0 Å². The second kappa shape index (κ2) is 16.9. The summed E-state index contributed by atoms with van der Waals surface area (Å²) in [6, 6.07) is 2.57. The minimum Gasteiger partial charge on any atom is -0.367 e. The van der Waals surface area contributed by atoms with Gasteiger partial charge in [-0.25, -0.2) is 4.39 Å². The zero-order valence-corrected chi connectivity index (χ0v) is 25.3. The van der Waals surface area contributed by atoms with Gasteiger partial charge in [0.05, 0.1) is 11.7 Å². The van der Waals surface area contributed by atoms with Crippen molar-refractivity contribution in [1.82, 2.24) is 20.0 Å². The van der Waals surface area contributed by atoms with E-state index in [1.807, 2.05) is 19.1 Å². The van der Waals surface area contributed by atoms with Gasteiger partial charge in [-0.2, -0.15) is 0 Å². The second-order valence-electron chi connectivity index (χ2n) is 11.3. The minimum absolute atomic E-state index is 0.138. The summed E-state index contributed by atoms with van der Waals surface area (Å²) in [5, 5.41) is 2.52. The number of nitrogens with one attached hydrogen (secondary N) is 1. The largest absolute Gasteiger partial charge is 0.367 e. The van der Waals surface area contributed by atoms with Crippen LogP contribution in [0.3, 0.4) is 0 Å². The fraction of sp³-hybridized carbons (Fsp3) is 0.562. The summed E-state index contributed by atoms with van der Waals surface area (Å²) in [6.45, 7) is 11.0. The Balaban J connectivity index is 1.52. The number of hydrogen-bond donors (Lipinski definition) is 1. The highest BCUT2D eigenvalue weighted by Gasteiger charge is 2.26. The third-order valence-electron chi connectivity index (χ3n) is 8.50. The molecule has 3 rings (SSSR count). The molecule has 2 heterocycles. The number of piperidine rings is 1. The van der Waals surface area contributed by atoms with Gasteiger partial charge >= 0.3 is 0 Å². The lowest BCUT2D eigenvalue weighted by atomic mass is 9.96. The van der Waals surface area contributed by atoms with Gasteiger partial charge in [-0.15, -0.1) is 0 Å². The monoisotopic (exact) mass is 583 g/mol. The Bertz CT molecular complexity index is 1120. The van der Waals surface area contributed by atoms with Crippen LogP contribution in [0.25, 0.3) is 0 Å². The lowest BCUT2D eigenvalue weighted by molar-refractivity contribution is -0.127. The van der Waals surface area contributed by atoms with E-state index >= 15 is 4.39 Å². The van der Waals surface area contributed by atoms with Crippen LogP contribution in [0, 0.1) is 18.7 Å². The summed E-state index contributed by atoms with van der Waals surface area (Å²) in [7, 11) is 1.53. The number of piperazine rings is 1. The lowest BCUT2D eigenvalue weighted by Gasteiger charge is -2.39. The van der Waals surface area contributed by atoms with Gasteiger partial charge in [0.25, 0.3) is 0 Å². The molecule has 0 aromatic heterocycles. The molecule has 10 heteroatoms. The Hall–Kier alpha value is -3.37. The SMILES string of the molecule is C/C=C(C=O)\C=C/CN1CCC(CN2CCN(c3cc(CN(C=O)C(C=O)CCC(=O)NC)c(C)cc3F)CC2)CC1. The normalized spacial score (nSPS) is 18.2. The number of allylic oxidation sites excluding steroid dienone is 3. The number of hydrogen-bond acceptors (Lipinski definition) is 7. The summed E-state index contributed by atoms with van der Waals surface area (Å²) >= 11 is 0. The highest BCUT2D eigenvalue weighted by Crippen LogP contribution is 2.27. The van der Waals surface area contributed by atoms with Crippen LogP contribution in [0.5, 0.6) is 0 Å². The van der Waals surface area contributed by atoms with Crippen molar-refractivity contribution in [2.45, 2.75) is 52.1 Å². The standard InChI is InChI=1S/C32H46FN5O4/c1-4-26(22-39)6-5-11-35-12-9-27(10-13-35)20-36-14-16-37(17-15-36)31-19-28(25(2)18-30(31)33)21-38(24-41)29(23-40)7-8-32(42)34-3/h4-6,18-19,22-24,27,29H,7-17,20-21H2,1-3H3,(H,34,42)/b6-5-,26-4+. The summed E-state index contributed by atoms with van der Waals surface area (Å²) in [6.07, 6.45) is 10.6. The van der Waals surface area contributed by atoms with E-state index in [4.69, 9.17) is 0 Å². The van der Waals surface area contributed by atoms with Gasteiger partial charge in [-0.1, -0.05) is 18.2 Å². The molecular formula is C32H46FN5O4. The average molecular weight is 584 g/mol. The number of halogens is 1. The van der Waals surface area contributed by atoms with Gasteiger partial charge in [-0.05, 0) is 75.4 Å². The van der Waals surface area contributed by atoms with Gasteiger partial charge in [-0.3, -0.25) is 24.2 Å². The van der Waals surface area contributed by atoms with E-state index in [1.165, 1.54) is 18.0 Å². The molecular weight excluding hydrogens is 537 g/mol. The molecule has 2 amide bonds. The number of likely N-dealkylation sites (tertiary alicyclic amines) is 1. The molecule has 0 spiro atoms. The van der Waals surface area contributed by atoms with E-state index in [-0.39, 0.29) is 31.1 Å². The van der Waals surface area contributed by atoms with Crippen LogP contribution in [0.1, 0.15) is 43.7 Å². The third-order valence-corrected chi connectivity index (χ3v) is 8.50. The molecule has 2 aliphatic rings. The van der Waals surface area contributed by atoms with Crippen LogP contribution in [0.15, 0.2) is 35.9 Å². The van der Waals surface area contributed by atoms with Gasteiger partial charge in [0, 0.05) is 64.9 Å². The van der Waals surface area contributed by atoms with Crippen molar-refractivity contribution >= 4 is 30.6 Å². The number of carbonyl (C=O) groups is 4.